The molecule has 1 rings (SSSR count). The topological polar surface area (TPSA) is 35.5 Å². The molecule has 1 aliphatic carbocycles. The van der Waals surface area contributed by atoms with Crippen LogP contribution >= 0.6 is 0 Å². The van der Waals surface area contributed by atoms with Crippen LogP contribution in [0.3, 0.4) is 0 Å². The largest absolute Gasteiger partial charge is 0.458 e. The first-order valence-corrected chi connectivity index (χ1v) is 4.10. The van der Waals surface area contributed by atoms with Crippen LogP contribution in [0, 0.1) is 0 Å². The predicted molar refractivity (Wildman–Crippen MR) is 44.7 cm³/mol. The van der Waals surface area contributed by atoms with Crippen LogP contribution in [0.25, 0.3) is 0 Å². The van der Waals surface area contributed by atoms with Crippen LogP contribution in [0.4, 0.5) is 0 Å². The van der Waals surface area contributed by atoms with Gasteiger partial charge in [-0.2, -0.15) is 0 Å². The van der Waals surface area contributed by atoms with Crippen molar-refractivity contribution >= 4 is 5.97 Å². The third-order valence-electron chi connectivity index (χ3n) is 1.90. The summed E-state index contributed by atoms with van der Waals surface area (Å²) in [4.78, 5) is 10.6. The SMILES string of the molecule is CO[C@H]1C=C[C@H](OC(C)=O)CC1. The van der Waals surface area contributed by atoms with E-state index in [4.69, 9.17) is 9.47 Å². The number of carbonyl (C=O) groups excluding carboxylic acids is 1. The second kappa shape index (κ2) is 4.26. The van der Waals surface area contributed by atoms with E-state index in [1.165, 1.54) is 6.92 Å². The first kappa shape index (κ1) is 9.26. The van der Waals surface area contributed by atoms with E-state index in [9.17, 15) is 4.79 Å². The van der Waals surface area contributed by atoms with E-state index in [2.05, 4.69) is 0 Å². The van der Waals surface area contributed by atoms with Crippen LogP contribution in [0.15, 0.2) is 12.2 Å². The summed E-state index contributed by atoms with van der Waals surface area (Å²) >= 11 is 0. The van der Waals surface area contributed by atoms with Crippen molar-refractivity contribution in [1.29, 1.82) is 0 Å². The summed E-state index contributed by atoms with van der Waals surface area (Å²) < 4.78 is 10.1. The van der Waals surface area contributed by atoms with Crippen molar-refractivity contribution in [1.82, 2.24) is 0 Å². The van der Waals surface area contributed by atoms with Crippen molar-refractivity contribution in [3.8, 4) is 0 Å². The van der Waals surface area contributed by atoms with Crippen molar-refractivity contribution in [2.75, 3.05) is 7.11 Å². The van der Waals surface area contributed by atoms with E-state index in [-0.39, 0.29) is 18.2 Å². The molecule has 0 aliphatic heterocycles. The normalized spacial score (nSPS) is 28.5. The molecular formula is C9H14O3. The monoisotopic (exact) mass is 170 g/mol. The molecule has 0 bridgehead atoms. The van der Waals surface area contributed by atoms with Gasteiger partial charge < -0.3 is 9.47 Å². The highest BCUT2D eigenvalue weighted by Gasteiger charge is 2.16. The van der Waals surface area contributed by atoms with Crippen molar-refractivity contribution in [2.24, 2.45) is 0 Å². The molecule has 0 amide bonds. The van der Waals surface area contributed by atoms with Gasteiger partial charge in [0.05, 0.1) is 6.10 Å². The zero-order chi connectivity index (χ0) is 8.97. The summed E-state index contributed by atoms with van der Waals surface area (Å²) in [5.41, 5.74) is 0. The van der Waals surface area contributed by atoms with E-state index >= 15 is 0 Å². The molecule has 3 heteroatoms. The lowest BCUT2D eigenvalue weighted by Gasteiger charge is -2.21. The van der Waals surface area contributed by atoms with Gasteiger partial charge in [-0.1, -0.05) is 6.08 Å². The molecule has 0 aromatic rings. The van der Waals surface area contributed by atoms with Crippen molar-refractivity contribution in [2.45, 2.75) is 32.0 Å². The highest BCUT2D eigenvalue weighted by Crippen LogP contribution is 2.16. The van der Waals surface area contributed by atoms with Gasteiger partial charge in [-0.05, 0) is 18.9 Å². The Kier molecular flexibility index (Phi) is 3.29. The lowest BCUT2D eigenvalue weighted by atomic mass is 10.0. The van der Waals surface area contributed by atoms with Crippen LogP contribution in [0.2, 0.25) is 0 Å². The standard InChI is InChI=1S/C9H14O3/c1-7(10)12-9-5-3-8(11-2)4-6-9/h3,5,8-9H,4,6H2,1-2H3/t8-,9-/m0/s1. The van der Waals surface area contributed by atoms with Crippen molar-refractivity contribution in [3.63, 3.8) is 0 Å². The molecule has 3 nitrogen and oxygen atoms in total. The summed E-state index contributed by atoms with van der Waals surface area (Å²) in [5, 5.41) is 0. The molecule has 68 valence electrons. The fourth-order valence-corrected chi connectivity index (χ4v) is 1.28. The molecule has 0 saturated carbocycles. The third-order valence-corrected chi connectivity index (χ3v) is 1.90. The maximum absolute atomic E-state index is 10.6. The van der Waals surface area contributed by atoms with Gasteiger partial charge in [0.15, 0.2) is 0 Å². The quantitative estimate of drug-likeness (QED) is 0.462. The summed E-state index contributed by atoms with van der Waals surface area (Å²) in [6, 6.07) is 0. The Morgan fingerprint density at radius 1 is 1.33 bits per heavy atom. The van der Waals surface area contributed by atoms with Gasteiger partial charge in [-0.25, -0.2) is 0 Å². The number of methoxy groups -OCH3 is 1. The fraction of sp³-hybridized carbons (Fsp3) is 0.667. The molecule has 0 N–H and O–H groups in total. The van der Waals surface area contributed by atoms with E-state index in [1.807, 2.05) is 12.2 Å². The lowest BCUT2D eigenvalue weighted by molar-refractivity contribution is -0.144. The minimum atomic E-state index is -0.222. The average molecular weight is 170 g/mol. The highest BCUT2D eigenvalue weighted by atomic mass is 16.5. The lowest BCUT2D eigenvalue weighted by Crippen LogP contribution is -2.22. The maximum Gasteiger partial charge on any atom is 0.303 e. The second-order valence-corrected chi connectivity index (χ2v) is 2.88. The summed E-state index contributed by atoms with van der Waals surface area (Å²) in [6.45, 7) is 1.43. The van der Waals surface area contributed by atoms with E-state index in [0.29, 0.717) is 0 Å². The molecule has 1 aliphatic rings. The number of carbonyl (C=O) groups is 1. The molecule has 0 aromatic carbocycles. The Morgan fingerprint density at radius 2 is 1.92 bits per heavy atom. The van der Waals surface area contributed by atoms with Crippen LogP contribution in [0.5, 0.6) is 0 Å². The van der Waals surface area contributed by atoms with Gasteiger partial charge in [-0.15, -0.1) is 0 Å². The van der Waals surface area contributed by atoms with Gasteiger partial charge in [0.25, 0.3) is 0 Å². The number of ether oxygens (including phenoxy) is 2. The Balaban J connectivity index is 2.37. The molecule has 0 aromatic heterocycles. The number of hydrogen-bond donors (Lipinski definition) is 0. The Morgan fingerprint density at radius 3 is 2.33 bits per heavy atom. The first-order chi connectivity index (χ1) is 5.72. The van der Waals surface area contributed by atoms with Crippen LogP contribution in [-0.2, 0) is 14.3 Å². The number of esters is 1. The van der Waals surface area contributed by atoms with Crippen LogP contribution in [-0.4, -0.2) is 25.3 Å². The molecule has 0 radical (unpaired) electrons. The third kappa shape index (κ3) is 2.66. The van der Waals surface area contributed by atoms with Gasteiger partial charge in [0.1, 0.15) is 6.10 Å². The molecule has 0 fully saturated rings. The molecule has 0 unspecified atom stereocenters. The molecule has 0 heterocycles. The van der Waals surface area contributed by atoms with Gasteiger partial charge >= 0.3 is 5.97 Å². The zero-order valence-corrected chi connectivity index (χ0v) is 7.45. The average Bonchev–Trinajstić information content (AvgIpc) is 2.05. The highest BCUT2D eigenvalue weighted by molar-refractivity contribution is 5.66. The number of rotatable bonds is 2. The van der Waals surface area contributed by atoms with E-state index in [0.717, 1.165) is 12.8 Å². The fourth-order valence-electron chi connectivity index (χ4n) is 1.28. The molecule has 0 saturated heterocycles. The zero-order valence-electron chi connectivity index (χ0n) is 7.45. The minimum Gasteiger partial charge on any atom is -0.458 e. The van der Waals surface area contributed by atoms with Crippen molar-refractivity contribution in [3.05, 3.63) is 12.2 Å². The second-order valence-electron chi connectivity index (χ2n) is 2.88. The molecule has 2 atom stereocenters. The summed E-state index contributed by atoms with van der Waals surface area (Å²) in [7, 11) is 1.68. The summed E-state index contributed by atoms with van der Waals surface area (Å²) in [6.07, 6.45) is 5.75. The number of hydrogen-bond acceptors (Lipinski definition) is 3. The summed E-state index contributed by atoms with van der Waals surface area (Å²) in [5.74, 6) is -0.222. The van der Waals surface area contributed by atoms with Gasteiger partial charge in [0, 0.05) is 14.0 Å². The Hall–Kier alpha value is -0.830. The minimum absolute atomic E-state index is 0.0473. The van der Waals surface area contributed by atoms with Crippen molar-refractivity contribution < 1.29 is 14.3 Å². The molecular weight excluding hydrogens is 156 g/mol. The molecule has 12 heavy (non-hydrogen) atoms. The predicted octanol–water partition coefficient (Wildman–Crippen LogP) is 1.28. The van der Waals surface area contributed by atoms with E-state index in [1.54, 1.807) is 7.11 Å². The molecule has 0 spiro atoms. The van der Waals surface area contributed by atoms with Crippen LogP contribution in [0.1, 0.15) is 19.8 Å². The Labute approximate surface area is 72.4 Å². The van der Waals surface area contributed by atoms with Crippen LogP contribution < -0.4 is 0 Å². The van der Waals surface area contributed by atoms with Gasteiger partial charge in [-0.3, -0.25) is 4.79 Å². The van der Waals surface area contributed by atoms with E-state index < -0.39 is 0 Å². The maximum atomic E-state index is 10.6. The smallest absolute Gasteiger partial charge is 0.303 e. The van der Waals surface area contributed by atoms with Gasteiger partial charge in [0.2, 0.25) is 0 Å². The first-order valence-electron chi connectivity index (χ1n) is 4.10. The Bertz CT molecular complexity index is 186.